The lowest BCUT2D eigenvalue weighted by atomic mass is 9.96. The van der Waals surface area contributed by atoms with Crippen molar-refractivity contribution in [3.05, 3.63) is 35.4 Å². The van der Waals surface area contributed by atoms with Crippen LogP contribution in [0.1, 0.15) is 37.8 Å². The molecule has 0 aliphatic heterocycles. The van der Waals surface area contributed by atoms with Crippen LogP contribution in [-0.2, 0) is 11.2 Å². The van der Waals surface area contributed by atoms with E-state index in [1.54, 1.807) is 6.92 Å². The SMILES string of the molecule is C#Cc1ccc(CCC(C)CC(C)=O)cc1. The monoisotopic (exact) mass is 214 g/mol. The maximum atomic E-state index is 10.9. The zero-order chi connectivity index (χ0) is 12.0. The van der Waals surface area contributed by atoms with Gasteiger partial charge in [-0.15, -0.1) is 6.42 Å². The fraction of sp³-hybridized carbons (Fsp3) is 0.400. The molecule has 0 saturated carbocycles. The Hall–Kier alpha value is -1.55. The van der Waals surface area contributed by atoms with Gasteiger partial charge in [-0.2, -0.15) is 0 Å². The Bertz CT molecular complexity index is 381. The fourth-order valence-corrected chi connectivity index (χ4v) is 1.77. The Morgan fingerprint density at radius 3 is 2.50 bits per heavy atom. The van der Waals surface area contributed by atoms with E-state index < -0.39 is 0 Å². The summed E-state index contributed by atoms with van der Waals surface area (Å²) in [5.74, 6) is 3.34. The minimum absolute atomic E-state index is 0.273. The molecule has 0 heterocycles. The van der Waals surface area contributed by atoms with Crippen LogP contribution in [0.2, 0.25) is 0 Å². The molecule has 1 unspecified atom stereocenters. The third-order valence-electron chi connectivity index (χ3n) is 2.68. The van der Waals surface area contributed by atoms with Gasteiger partial charge in [-0.3, -0.25) is 0 Å². The van der Waals surface area contributed by atoms with Crippen LogP contribution >= 0.6 is 0 Å². The summed E-state index contributed by atoms with van der Waals surface area (Å²) in [5, 5.41) is 0. The summed E-state index contributed by atoms with van der Waals surface area (Å²) < 4.78 is 0. The topological polar surface area (TPSA) is 17.1 Å². The number of ketones is 1. The molecule has 84 valence electrons. The van der Waals surface area contributed by atoms with Crippen LogP contribution in [-0.4, -0.2) is 5.78 Å². The molecule has 0 radical (unpaired) electrons. The van der Waals surface area contributed by atoms with Gasteiger partial charge < -0.3 is 4.79 Å². The lowest BCUT2D eigenvalue weighted by molar-refractivity contribution is -0.117. The molecule has 0 spiro atoms. The molecule has 0 bridgehead atoms. The highest BCUT2D eigenvalue weighted by molar-refractivity contribution is 5.75. The highest BCUT2D eigenvalue weighted by Crippen LogP contribution is 2.13. The van der Waals surface area contributed by atoms with Crippen LogP contribution in [0.5, 0.6) is 0 Å². The van der Waals surface area contributed by atoms with Crippen LogP contribution in [0.4, 0.5) is 0 Å². The van der Waals surface area contributed by atoms with E-state index in [4.69, 9.17) is 6.42 Å². The maximum absolute atomic E-state index is 10.9. The van der Waals surface area contributed by atoms with Crippen molar-refractivity contribution < 1.29 is 4.79 Å². The van der Waals surface area contributed by atoms with Crippen LogP contribution in [0, 0.1) is 18.3 Å². The Morgan fingerprint density at radius 2 is 2.00 bits per heavy atom. The predicted octanol–water partition coefficient (Wildman–Crippen LogP) is 3.22. The van der Waals surface area contributed by atoms with Crippen molar-refractivity contribution in [1.82, 2.24) is 0 Å². The number of hydrogen-bond donors (Lipinski definition) is 0. The molecule has 1 heteroatoms. The second-order valence-electron chi connectivity index (χ2n) is 4.39. The first-order chi connectivity index (χ1) is 7.61. The standard InChI is InChI=1S/C15H18O/c1-4-14-7-9-15(10-8-14)6-5-12(2)11-13(3)16/h1,7-10,12H,5-6,11H2,2-3H3. The lowest BCUT2D eigenvalue weighted by Crippen LogP contribution is -2.03. The summed E-state index contributed by atoms with van der Waals surface area (Å²) in [6, 6.07) is 8.06. The van der Waals surface area contributed by atoms with Gasteiger partial charge in [-0.25, -0.2) is 0 Å². The van der Waals surface area contributed by atoms with Crippen molar-refractivity contribution in [3.8, 4) is 12.3 Å². The summed E-state index contributed by atoms with van der Waals surface area (Å²) >= 11 is 0. The largest absolute Gasteiger partial charge is 0.300 e. The van der Waals surface area contributed by atoms with E-state index in [2.05, 4.69) is 25.0 Å². The molecule has 16 heavy (non-hydrogen) atoms. The van der Waals surface area contributed by atoms with Crippen LogP contribution in [0.3, 0.4) is 0 Å². The van der Waals surface area contributed by atoms with Crippen LogP contribution in [0.25, 0.3) is 0 Å². The second kappa shape index (κ2) is 6.12. The van der Waals surface area contributed by atoms with Gasteiger partial charge in [0.15, 0.2) is 0 Å². The summed E-state index contributed by atoms with van der Waals surface area (Å²) in [5.41, 5.74) is 2.20. The van der Waals surface area contributed by atoms with E-state index in [1.807, 2.05) is 12.1 Å². The van der Waals surface area contributed by atoms with Gasteiger partial charge in [0, 0.05) is 12.0 Å². The number of carbonyl (C=O) groups is 1. The normalized spacial score (nSPS) is 11.8. The first kappa shape index (κ1) is 12.5. The minimum Gasteiger partial charge on any atom is -0.300 e. The number of Topliss-reactive ketones (excluding diaryl/α,β-unsaturated/α-hetero) is 1. The number of hydrogen-bond acceptors (Lipinski definition) is 1. The van der Waals surface area contributed by atoms with Gasteiger partial charge in [0.1, 0.15) is 5.78 Å². The minimum atomic E-state index is 0.273. The van der Waals surface area contributed by atoms with Gasteiger partial charge in [0.2, 0.25) is 0 Å². The number of carbonyl (C=O) groups excluding carboxylic acids is 1. The van der Waals surface area contributed by atoms with Gasteiger partial charge in [0.25, 0.3) is 0 Å². The summed E-state index contributed by atoms with van der Waals surface area (Å²) in [4.78, 5) is 10.9. The molecule has 0 amide bonds. The Balaban J connectivity index is 2.43. The zero-order valence-electron chi connectivity index (χ0n) is 9.99. The fourth-order valence-electron chi connectivity index (χ4n) is 1.77. The van der Waals surface area contributed by atoms with Crippen molar-refractivity contribution in [2.75, 3.05) is 0 Å². The van der Waals surface area contributed by atoms with Crippen molar-refractivity contribution in [2.45, 2.75) is 33.1 Å². The molecule has 0 aromatic heterocycles. The number of aryl methyl sites for hydroxylation is 1. The van der Waals surface area contributed by atoms with Crippen molar-refractivity contribution in [2.24, 2.45) is 5.92 Å². The Morgan fingerprint density at radius 1 is 1.38 bits per heavy atom. The van der Waals surface area contributed by atoms with Crippen molar-refractivity contribution in [1.29, 1.82) is 0 Å². The predicted molar refractivity (Wildman–Crippen MR) is 67.2 cm³/mol. The molecule has 1 rings (SSSR count). The molecular weight excluding hydrogens is 196 g/mol. The molecule has 1 nitrogen and oxygen atoms in total. The molecule has 0 aliphatic carbocycles. The average molecular weight is 214 g/mol. The van der Waals surface area contributed by atoms with Gasteiger partial charge in [0.05, 0.1) is 0 Å². The number of terminal acetylenes is 1. The molecular formula is C15H18O. The second-order valence-corrected chi connectivity index (χ2v) is 4.39. The van der Waals surface area contributed by atoms with E-state index in [0.717, 1.165) is 18.4 Å². The highest BCUT2D eigenvalue weighted by Gasteiger charge is 2.05. The lowest BCUT2D eigenvalue weighted by Gasteiger charge is -2.08. The molecule has 0 fully saturated rings. The van der Waals surface area contributed by atoms with E-state index in [9.17, 15) is 4.79 Å². The van der Waals surface area contributed by atoms with E-state index in [-0.39, 0.29) is 5.78 Å². The van der Waals surface area contributed by atoms with Gasteiger partial charge >= 0.3 is 0 Å². The van der Waals surface area contributed by atoms with E-state index in [0.29, 0.717) is 12.3 Å². The Kier molecular flexibility index (Phi) is 4.79. The van der Waals surface area contributed by atoms with E-state index in [1.165, 1.54) is 5.56 Å². The summed E-state index contributed by atoms with van der Waals surface area (Å²) in [6.45, 7) is 3.77. The smallest absolute Gasteiger partial charge is 0.130 e. The third-order valence-corrected chi connectivity index (χ3v) is 2.68. The van der Waals surface area contributed by atoms with Crippen molar-refractivity contribution >= 4 is 5.78 Å². The number of benzene rings is 1. The van der Waals surface area contributed by atoms with Crippen LogP contribution in [0.15, 0.2) is 24.3 Å². The maximum Gasteiger partial charge on any atom is 0.130 e. The average Bonchev–Trinajstić information content (AvgIpc) is 2.26. The van der Waals surface area contributed by atoms with Crippen molar-refractivity contribution in [3.63, 3.8) is 0 Å². The molecule has 0 aliphatic rings. The first-order valence-corrected chi connectivity index (χ1v) is 5.67. The first-order valence-electron chi connectivity index (χ1n) is 5.67. The van der Waals surface area contributed by atoms with Crippen LogP contribution < -0.4 is 0 Å². The Labute approximate surface area is 97.9 Å². The quantitative estimate of drug-likeness (QED) is 0.688. The number of rotatable bonds is 5. The summed E-state index contributed by atoms with van der Waals surface area (Å²) in [7, 11) is 0. The molecule has 0 saturated heterocycles. The molecule has 1 aromatic rings. The zero-order valence-corrected chi connectivity index (χ0v) is 9.99. The summed E-state index contributed by atoms with van der Waals surface area (Å²) in [6.07, 6.45) is 8.04. The van der Waals surface area contributed by atoms with E-state index >= 15 is 0 Å². The van der Waals surface area contributed by atoms with Gasteiger partial charge in [-0.1, -0.05) is 25.0 Å². The molecule has 1 aromatic carbocycles. The molecule has 1 atom stereocenters. The highest BCUT2D eigenvalue weighted by atomic mass is 16.1. The molecule has 0 N–H and O–H groups in total. The van der Waals surface area contributed by atoms with Gasteiger partial charge in [-0.05, 0) is 43.4 Å². The third kappa shape index (κ3) is 4.31.